The van der Waals surface area contributed by atoms with Crippen LogP contribution in [0.2, 0.25) is 0 Å². The number of aliphatic hydroxyl groups is 3. The summed E-state index contributed by atoms with van der Waals surface area (Å²) in [7, 11) is 0. The molecule has 5 nitrogen and oxygen atoms in total. The maximum atomic E-state index is 12.5. The number of nitrogens with one attached hydrogen (secondary N) is 1. The molecule has 3 unspecified atom stereocenters. The molecule has 0 bridgehead atoms. The van der Waals surface area contributed by atoms with Crippen LogP contribution in [0.25, 0.3) is 0 Å². The molecular weight excluding hydrogens is 618 g/mol. The summed E-state index contributed by atoms with van der Waals surface area (Å²) in [4.78, 5) is 12.5. The van der Waals surface area contributed by atoms with Gasteiger partial charge in [0, 0.05) is 0 Å². The van der Waals surface area contributed by atoms with E-state index in [0.717, 1.165) is 32.1 Å². The molecule has 0 aliphatic rings. The molecule has 1 amide bonds. The standard InChI is InChI=1S/C45H89NO4/c1-3-5-7-9-11-13-15-17-18-19-20-21-22-23-24-25-26-28-30-32-34-36-38-40-44(49)45(50)46-42(41-47)43(48)39-37-35-33-31-29-27-16-14-12-10-8-6-4-2/h37,39,42-44,47-49H,3-36,38,40-41H2,1-2H3,(H,46,50)/b39-37+. The topological polar surface area (TPSA) is 89.8 Å². The van der Waals surface area contributed by atoms with Crippen molar-refractivity contribution < 1.29 is 20.1 Å². The highest BCUT2D eigenvalue weighted by Crippen LogP contribution is 2.16. The van der Waals surface area contributed by atoms with E-state index in [0.29, 0.717) is 6.42 Å². The van der Waals surface area contributed by atoms with Gasteiger partial charge in [-0.05, 0) is 19.3 Å². The van der Waals surface area contributed by atoms with E-state index in [1.165, 1.54) is 193 Å². The molecule has 0 spiro atoms. The number of unbranched alkanes of at least 4 members (excludes halogenated alkanes) is 33. The van der Waals surface area contributed by atoms with Gasteiger partial charge >= 0.3 is 0 Å². The summed E-state index contributed by atoms with van der Waals surface area (Å²) in [6.45, 7) is 4.19. The normalized spacial score (nSPS) is 13.6. The van der Waals surface area contributed by atoms with Crippen LogP contribution in [0.3, 0.4) is 0 Å². The van der Waals surface area contributed by atoms with Crippen LogP contribution in [0, 0.1) is 0 Å². The van der Waals surface area contributed by atoms with Gasteiger partial charge in [-0.3, -0.25) is 4.79 Å². The predicted octanol–water partition coefficient (Wildman–Crippen LogP) is 12.8. The number of hydrogen-bond donors (Lipinski definition) is 4. The second-order valence-corrected chi connectivity index (χ2v) is 15.6. The molecule has 0 aromatic heterocycles. The van der Waals surface area contributed by atoms with Gasteiger partial charge in [0.05, 0.1) is 18.8 Å². The average Bonchev–Trinajstić information content (AvgIpc) is 3.12. The van der Waals surface area contributed by atoms with Crippen molar-refractivity contribution in [3.63, 3.8) is 0 Å². The Morgan fingerprint density at radius 3 is 1.10 bits per heavy atom. The maximum absolute atomic E-state index is 12.5. The average molecular weight is 708 g/mol. The van der Waals surface area contributed by atoms with Crippen molar-refractivity contribution in [2.45, 2.75) is 263 Å². The first-order valence-electron chi connectivity index (χ1n) is 22.5. The third-order valence-corrected chi connectivity index (χ3v) is 10.6. The van der Waals surface area contributed by atoms with Gasteiger partial charge < -0.3 is 20.6 Å². The Bertz CT molecular complexity index is 699. The second kappa shape index (κ2) is 40.9. The number of carbonyl (C=O) groups excluding carboxylic acids is 1. The second-order valence-electron chi connectivity index (χ2n) is 15.6. The summed E-state index contributed by atoms with van der Waals surface area (Å²) >= 11 is 0. The minimum absolute atomic E-state index is 0.359. The molecule has 0 fully saturated rings. The number of aliphatic hydroxyl groups excluding tert-OH is 3. The van der Waals surface area contributed by atoms with Crippen LogP contribution >= 0.6 is 0 Å². The molecule has 0 aliphatic heterocycles. The highest BCUT2D eigenvalue weighted by molar-refractivity contribution is 5.80. The first-order valence-corrected chi connectivity index (χ1v) is 22.5. The predicted molar refractivity (Wildman–Crippen MR) is 218 cm³/mol. The Morgan fingerprint density at radius 1 is 0.480 bits per heavy atom. The first-order chi connectivity index (χ1) is 24.6. The van der Waals surface area contributed by atoms with E-state index in [4.69, 9.17) is 0 Å². The quantitative estimate of drug-likeness (QED) is 0.0376. The smallest absolute Gasteiger partial charge is 0.249 e. The lowest BCUT2D eigenvalue weighted by atomic mass is 10.0. The highest BCUT2D eigenvalue weighted by Gasteiger charge is 2.22. The zero-order valence-corrected chi connectivity index (χ0v) is 33.8. The molecular formula is C45H89NO4. The van der Waals surface area contributed by atoms with E-state index in [9.17, 15) is 20.1 Å². The van der Waals surface area contributed by atoms with E-state index in [1.807, 2.05) is 6.08 Å². The number of rotatable bonds is 41. The van der Waals surface area contributed by atoms with Gasteiger partial charge in [-0.2, -0.15) is 0 Å². The molecule has 0 heterocycles. The lowest BCUT2D eigenvalue weighted by Crippen LogP contribution is -2.48. The third kappa shape index (κ3) is 35.5. The Kier molecular flexibility index (Phi) is 40.1. The van der Waals surface area contributed by atoms with Crippen molar-refractivity contribution in [1.29, 1.82) is 0 Å². The molecule has 0 saturated carbocycles. The van der Waals surface area contributed by atoms with E-state index in [-0.39, 0.29) is 6.61 Å². The van der Waals surface area contributed by atoms with Crippen LogP contribution in [0.15, 0.2) is 12.2 Å². The maximum Gasteiger partial charge on any atom is 0.249 e. The van der Waals surface area contributed by atoms with Crippen LogP contribution < -0.4 is 5.32 Å². The van der Waals surface area contributed by atoms with Crippen LogP contribution in [0.4, 0.5) is 0 Å². The molecule has 0 aliphatic carbocycles. The van der Waals surface area contributed by atoms with Gasteiger partial charge in [-0.15, -0.1) is 0 Å². The van der Waals surface area contributed by atoms with Crippen molar-refractivity contribution in [1.82, 2.24) is 5.32 Å². The third-order valence-electron chi connectivity index (χ3n) is 10.6. The van der Waals surface area contributed by atoms with E-state index < -0.39 is 24.2 Å². The van der Waals surface area contributed by atoms with Crippen LogP contribution in [0.5, 0.6) is 0 Å². The molecule has 0 aromatic carbocycles. The summed E-state index contributed by atoms with van der Waals surface area (Å²) in [5.74, 6) is -0.499. The fraction of sp³-hybridized carbons (Fsp3) is 0.933. The van der Waals surface area contributed by atoms with Gasteiger partial charge in [-0.25, -0.2) is 0 Å². The van der Waals surface area contributed by atoms with Crippen molar-refractivity contribution in [2.75, 3.05) is 6.61 Å². The van der Waals surface area contributed by atoms with E-state index in [2.05, 4.69) is 19.2 Å². The number of carbonyl (C=O) groups is 1. The number of amides is 1. The molecule has 4 N–H and O–H groups in total. The van der Waals surface area contributed by atoms with E-state index in [1.54, 1.807) is 6.08 Å². The summed E-state index contributed by atoms with van der Waals surface area (Å²) in [6, 6.07) is -0.792. The van der Waals surface area contributed by atoms with Gasteiger partial charge in [0.1, 0.15) is 6.10 Å². The highest BCUT2D eigenvalue weighted by atomic mass is 16.3. The fourth-order valence-electron chi connectivity index (χ4n) is 7.07. The fourth-order valence-corrected chi connectivity index (χ4v) is 7.07. The number of allylic oxidation sites excluding steroid dienone is 1. The van der Waals surface area contributed by atoms with Crippen molar-refractivity contribution in [3.05, 3.63) is 12.2 Å². The van der Waals surface area contributed by atoms with Crippen molar-refractivity contribution in [3.8, 4) is 0 Å². The monoisotopic (exact) mass is 708 g/mol. The van der Waals surface area contributed by atoms with Gasteiger partial charge in [0.15, 0.2) is 0 Å². The summed E-state index contributed by atoms with van der Waals surface area (Å²) in [5.41, 5.74) is 0. The SMILES string of the molecule is CCCCCCCCCCCCC/C=C/C(O)C(CO)NC(=O)C(O)CCCCCCCCCCCCCCCCCCCCCCCCC. The Balaban J connectivity index is 3.58. The zero-order valence-electron chi connectivity index (χ0n) is 33.8. The summed E-state index contributed by atoms with van der Waals surface area (Å²) < 4.78 is 0. The number of hydrogen-bond acceptors (Lipinski definition) is 4. The molecule has 298 valence electrons. The molecule has 0 radical (unpaired) electrons. The largest absolute Gasteiger partial charge is 0.394 e. The Labute approximate surface area is 312 Å². The van der Waals surface area contributed by atoms with Crippen molar-refractivity contribution >= 4 is 5.91 Å². The zero-order chi connectivity index (χ0) is 36.6. The molecule has 0 aromatic rings. The minimum atomic E-state index is -1.09. The van der Waals surface area contributed by atoms with Gasteiger partial charge in [-0.1, -0.05) is 238 Å². The molecule has 50 heavy (non-hydrogen) atoms. The van der Waals surface area contributed by atoms with Gasteiger partial charge in [0.25, 0.3) is 0 Å². The molecule has 5 heteroatoms. The minimum Gasteiger partial charge on any atom is -0.394 e. The summed E-state index contributed by atoms with van der Waals surface area (Å²) in [5, 5.41) is 33.1. The van der Waals surface area contributed by atoms with E-state index >= 15 is 0 Å². The van der Waals surface area contributed by atoms with Crippen LogP contribution in [-0.2, 0) is 4.79 Å². The lowest BCUT2D eigenvalue weighted by Gasteiger charge is -2.21. The summed E-state index contributed by atoms with van der Waals surface area (Å²) in [6.07, 6.45) is 48.2. The molecule has 0 saturated heterocycles. The van der Waals surface area contributed by atoms with Crippen molar-refractivity contribution in [2.24, 2.45) is 0 Å². The molecule has 3 atom stereocenters. The van der Waals surface area contributed by atoms with Gasteiger partial charge in [0.2, 0.25) is 5.91 Å². The Hall–Kier alpha value is -0.910. The van der Waals surface area contributed by atoms with Crippen LogP contribution in [-0.4, -0.2) is 46.1 Å². The Morgan fingerprint density at radius 2 is 0.780 bits per heavy atom. The first kappa shape index (κ1) is 49.1. The molecule has 0 rings (SSSR count). The lowest BCUT2D eigenvalue weighted by molar-refractivity contribution is -0.131. The van der Waals surface area contributed by atoms with Crippen LogP contribution in [0.1, 0.15) is 245 Å².